The minimum absolute atomic E-state index is 0. The highest BCUT2D eigenvalue weighted by atomic mass is 35.5. The van der Waals surface area contributed by atoms with E-state index in [4.69, 9.17) is 10.5 Å². The van der Waals surface area contributed by atoms with Crippen molar-refractivity contribution in [3.63, 3.8) is 0 Å². The monoisotopic (exact) mass is 213 g/mol. The molecule has 0 radical (unpaired) electrons. The molecular formula is C7H16ClNO2S. The molecule has 0 unspecified atom stereocenters. The van der Waals surface area contributed by atoms with Crippen molar-refractivity contribution in [3.05, 3.63) is 0 Å². The molecule has 0 amide bonds. The third-order valence-corrected chi connectivity index (χ3v) is 1.87. The topological polar surface area (TPSA) is 52.3 Å². The summed E-state index contributed by atoms with van der Waals surface area (Å²) in [6, 6.07) is -0.442. The fraction of sp³-hybridized carbons (Fsp3) is 0.857. The first-order valence-electron chi connectivity index (χ1n) is 3.63. The van der Waals surface area contributed by atoms with Crippen LogP contribution in [0, 0.1) is 0 Å². The van der Waals surface area contributed by atoms with Crippen molar-refractivity contribution in [2.24, 2.45) is 5.73 Å². The largest absolute Gasteiger partial charge is 0.465 e. The van der Waals surface area contributed by atoms with Gasteiger partial charge in [0, 0.05) is 0 Å². The molecule has 0 aliphatic carbocycles. The lowest BCUT2D eigenvalue weighted by molar-refractivity contribution is -0.144. The third kappa shape index (κ3) is 6.76. The molecule has 0 heterocycles. The molecule has 0 spiro atoms. The van der Waals surface area contributed by atoms with Gasteiger partial charge >= 0.3 is 5.97 Å². The molecule has 0 aliphatic rings. The molecule has 1 atom stereocenters. The van der Waals surface area contributed by atoms with Gasteiger partial charge in [0.25, 0.3) is 0 Å². The van der Waals surface area contributed by atoms with Gasteiger partial charge in [0.2, 0.25) is 0 Å². The first kappa shape index (κ1) is 14.6. The summed E-state index contributed by atoms with van der Waals surface area (Å²) in [5, 5.41) is 0. The lowest BCUT2D eigenvalue weighted by Gasteiger charge is -2.08. The highest BCUT2D eigenvalue weighted by molar-refractivity contribution is 7.98. The summed E-state index contributed by atoms with van der Waals surface area (Å²) >= 11 is 1.68. The van der Waals surface area contributed by atoms with Gasteiger partial charge in [-0.25, -0.2) is 0 Å². The average molecular weight is 214 g/mol. The lowest BCUT2D eigenvalue weighted by atomic mass is 10.2. The Morgan fingerprint density at radius 3 is 2.67 bits per heavy atom. The number of carbonyl (C=O) groups is 1. The molecule has 0 aliphatic heterocycles. The van der Waals surface area contributed by atoms with Crippen LogP contribution in [0.3, 0.4) is 0 Å². The summed E-state index contributed by atoms with van der Waals surface area (Å²) < 4.78 is 4.73. The fourth-order valence-electron chi connectivity index (χ4n) is 0.612. The zero-order chi connectivity index (χ0) is 8.69. The van der Waals surface area contributed by atoms with Gasteiger partial charge in [-0.3, -0.25) is 4.79 Å². The van der Waals surface area contributed by atoms with Crippen LogP contribution in [0.2, 0.25) is 0 Å². The van der Waals surface area contributed by atoms with Crippen molar-refractivity contribution >= 4 is 30.1 Å². The third-order valence-electron chi connectivity index (χ3n) is 1.22. The summed E-state index contributed by atoms with van der Waals surface area (Å²) in [6.07, 6.45) is 2.68. The molecule has 5 heteroatoms. The number of hydrogen-bond donors (Lipinski definition) is 1. The van der Waals surface area contributed by atoms with Crippen LogP contribution in [0.25, 0.3) is 0 Å². The van der Waals surface area contributed by atoms with Gasteiger partial charge in [-0.1, -0.05) is 0 Å². The number of nitrogens with two attached hydrogens (primary N) is 1. The van der Waals surface area contributed by atoms with E-state index in [1.165, 1.54) is 0 Å². The second-order valence-corrected chi connectivity index (χ2v) is 3.13. The summed E-state index contributed by atoms with van der Waals surface area (Å²) in [5.74, 6) is 0.613. The SMILES string of the molecule is CCOC(=O)[C@H](N)CCSC.Cl. The zero-order valence-electron chi connectivity index (χ0n) is 7.41. The van der Waals surface area contributed by atoms with Crippen molar-refractivity contribution < 1.29 is 9.53 Å². The molecule has 0 saturated heterocycles. The van der Waals surface area contributed by atoms with E-state index in [-0.39, 0.29) is 18.4 Å². The number of thioether (sulfide) groups is 1. The van der Waals surface area contributed by atoms with Gasteiger partial charge in [-0.05, 0) is 25.4 Å². The van der Waals surface area contributed by atoms with E-state index in [0.717, 1.165) is 5.75 Å². The Morgan fingerprint density at radius 1 is 1.67 bits per heavy atom. The van der Waals surface area contributed by atoms with E-state index < -0.39 is 6.04 Å². The summed E-state index contributed by atoms with van der Waals surface area (Å²) in [5.41, 5.74) is 5.50. The highest BCUT2D eigenvalue weighted by Gasteiger charge is 2.12. The Labute approximate surface area is 83.8 Å². The first-order valence-corrected chi connectivity index (χ1v) is 5.03. The van der Waals surface area contributed by atoms with E-state index in [0.29, 0.717) is 13.0 Å². The molecule has 74 valence electrons. The number of esters is 1. The molecule has 0 rings (SSSR count). The first-order chi connectivity index (χ1) is 5.22. The normalized spacial score (nSPS) is 11.6. The Kier molecular flexibility index (Phi) is 11.1. The Bertz CT molecular complexity index is 124. The Balaban J connectivity index is 0. The molecule has 0 aromatic carbocycles. The lowest BCUT2D eigenvalue weighted by Crippen LogP contribution is -2.32. The predicted molar refractivity (Wildman–Crippen MR) is 54.9 cm³/mol. The van der Waals surface area contributed by atoms with Crippen LogP contribution in [0.15, 0.2) is 0 Å². The summed E-state index contributed by atoms with van der Waals surface area (Å²) in [7, 11) is 0. The van der Waals surface area contributed by atoms with Gasteiger partial charge in [0.15, 0.2) is 0 Å². The number of ether oxygens (including phenoxy) is 1. The van der Waals surface area contributed by atoms with Crippen LogP contribution in [0.1, 0.15) is 13.3 Å². The van der Waals surface area contributed by atoms with Gasteiger partial charge in [0.05, 0.1) is 6.61 Å². The molecule has 0 saturated carbocycles. The maximum atomic E-state index is 10.9. The van der Waals surface area contributed by atoms with E-state index in [9.17, 15) is 4.79 Å². The van der Waals surface area contributed by atoms with Crippen molar-refractivity contribution in [2.45, 2.75) is 19.4 Å². The van der Waals surface area contributed by atoms with Crippen molar-refractivity contribution in [1.82, 2.24) is 0 Å². The van der Waals surface area contributed by atoms with E-state index in [1.807, 2.05) is 6.26 Å². The molecular weight excluding hydrogens is 198 g/mol. The molecule has 3 nitrogen and oxygen atoms in total. The van der Waals surface area contributed by atoms with Crippen LogP contribution in [0.5, 0.6) is 0 Å². The highest BCUT2D eigenvalue weighted by Crippen LogP contribution is 1.99. The van der Waals surface area contributed by atoms with Crippen LogP contribution in [-0.2, 0) is 9.53 Å². The van der Waals surface area contributed by atoms with Crippen LogP contribution < -0.4 is 5.73 Å². The Hall–Kier alpha value is 0.0700. The quantitative estimate of drug-likeness (QED) is 0.694. The maximum absolute atomic E-state index is 10.9. The van der Waals surface area contributed by atoms with Crippen molar-refractivity contribution in [1.29, 1.82) is 0 Å². The van der Waals surface area contributed by atoms with Gasteiger partial charge < -0.3 is 10.5 Å². The number of hydrogen-bond acceptors (Lipinski definition) is 4. The second kappa shape index (κ2) is 9.16. The molecule has 0 aromatic heterocycles. The number of rotatable bonds is 5. The van der Waals surface area contributed by atoms with Crippen LogP contribution in [-0.4, -0.2) is 30.6 Å². The van der Waals surface area contributed by atoms with Crippen molar-refractivity contribution in [3.8, 4) is 0 Å². The fourth-order valence-corrected chi connectivity index (χ4v) is 1.10. The predicted octanol–water partition coefficient (Wildman–Crippen LogP) is 1.05. The van der Waals surface area contributed by atoms with Crippen LogP contribution >= 0.6 is 24.2 Å². The van der Waals surface area contributed by atoms with Crippen LogP contribution in [0.4, 0.5) is 0 Å². The average Bonchev–Trinajstić information content (AvgIpc) is 2.00. The minimum atomic E-state index is -0.442. The minimum Gasteiger partial charge on any atom is -0.465 e. The number of carbonyl (C=O) groups excluding carboxylic acids is 1. The molecule has 12 heavy (non-hydrogen) atoms. The van der Waals surface area contributed by atoms with Gasteiger partial charge in [0.1, 0.15) is 6.04 Å². The smallest absolute Gasteiger partial charge is 0.322 e. The number of halogens is 1. The maximum Gasteiger partial charge on any atom is 0.322 e. The Morgan fingerprint density at radius 2 is 2.25 bits per heavy atom. The summed E-state index contributed by atoms with van der Waals surface area (Å²) in [4.78, 5) is 10.9. The van der Waals surface area contributed by atoms with E-state index >= 15 is 0 Å². The van der Waals surface area contributed by atoms with E-state index in [2.05, 4.69) is 0 Å². The van der Waals surface area contributed by atoms with E-state index in [1.54, 1.807) is 18.7 Å². The molecule has 0 bridgehead atoms. The van der Waals surface area contributed by atoms with Crippen molar-refractivity contribution in [2.75, 3.05) is 18.6 Å². The summed E-state index contributed by atoms with van der Waals surface area (Å²) in [6.45, 7) is 2.19. The molecule has 0 fully saturated rings. The zero-order valence-corrected chi connectivity index (χ0v) is 9.04. The van der Waals surface area contributed by atoms with Gasteiger partial charge in [-0.2, -0.15) is 11.8 Å². The second-order valence-electron chi connectivity index (χ2n) is 2.14. The standard InChI is InChI=1S/C7H15NO2S.ClH/c1-3-10-7(9)6(8)4-5-11-2;/h6H,3-5,8H2,1-2H3;1H/t6-;/m1./s1. The van der Waals surface area contributed by atoms with Gasteiger partial charge in [-0.15, -0.1) is 12.4 Å². The molecule has 2 N–H and O–H groups in total. The molecule has 0 aromatic rings.